The molecule has 1 aromatic carbocycles. The first-order valence-corrected chi connectivity index (χ1v) is 19.1. The lowest BCUT2D eigenvalue weighted by molar-refractivity contribution is -0.150. The van der Waals surface area contributed by atoms with E-state index in [1.165, 1.54) is 38.5 Å². The van der Waals surface area contributed by atoms with Crippen molar-refractivity contribution < 1.29 is 56.9 Å². The number of hydrogen-bond donors (Lipinski definition) is 3. The topological polar surface area (TPSA) is 244 Å². The van der Waals surface area contributed by atoms with Crippen LogP contribution < -0.4 is 10.3 Å². The Bertz CT molecular complexity index is 1970. The Hall–Kier alpha value is -4.75. The molecule has 0 radical (unpaired) electrons. The Morgan fingerprint density at radius 1 is 1.00 bits per heavy atom. The van der Waals surface area contributed by atoms with Gasteiger partial charge in [-0.25, -0.2) is 23.4 Å². The SMILES string of the molecule is CC(C)OC(=O)OCOP(=O)(OC[C@@H]1O[C@@](C#N)(c2ccc3c(N)ncnn23)[C@H](CC(C)(C)C(=O)O)[C@H]1CC(C)(C)C(=O)O)Oc1ccc(C(C)(C)C)cc1. The van der Waals surface area contributed by atoms with Gasteiger partial charge in [-0.05, 0) is 95.5 Å². The van der Waals surface area contributed by atoms with Gasteiger partial charge in [-0.1, -0.05) is 32.9 Å². The molecule has 3 aromatic rings. The average molecular weight is 788 g/mol. The van der Waals surface area contributed by atoms with Crippen molar-refractivity contribution in [3.63, 3.8) is 0 Å². The van der Waals surface area contributed by atoms with Crippen molar-refractivity contribution in [2.45, 2.75) is 98.4 Å². The van der Waals surface area contributed by atoms with Gasteiger partial charge in [0.2, 0.25) is 6.79 Å². The third-order valence-corrected chi connectivity index (χ3v) is 10.9. The molecule has 1 fully saturated rings. The molecule has 1 aliphatic rings. The van der Waals surface area contributed by atoms with Gasteiger partial charge in [-0.3, -0.25) is 14.1 Å². The van der Waals surface area contributed by atoms with Crippen LogP contribution in [0.25, 0.3) is 5.52 Å². The zero-order valence-electron chi connectivity index (χ0n) is 32.5. The quantitative estimate of drug-likeness (QED) is 0.0776. The highest BCUT2D eigenvalue weighted by molar-refractivity contribution is 7.48. The first-order chi connectivity index (χ1) is 25.4. The molecular formula is C37H50N5O12P. The summed E-state index contributed by atoms with van der Waals surface area (Å²) in [6.45, 7) is 13.7. The van der Waals surface area contributed by atoms with Crippen LogP contribution >= 0.6 is 7.82 Å². The normalized spacial score (nSPS) is 21.5. The lowest BCUT2D eigenvalue weighted by Gasteiger charge is -2.35. The van der Waals surface area contributed by atoms with Crippen molar-refractivity contribution in [3.8, 4) is 11.8 Å². The Kier molecular flexibility index (Phi) is 12.6. The van der Waals surface area contributed by atoms with Gasteiger partial charge in [0.25, 0.3) is 0 Å². The summed E-state index contributed by atoms with van der Waals surface area (Å²) in [5.74, 6) is -4.06. The third kappa shape index (κ3) is 9.74. The second kappa shape index (κ2) is 16.2. The van der Waals surface area contributed by atoms with Crippen molar-refractivity contribution in [1.82, 2.24) is 14.6 Å². The molecule has 300 valence electrons. The molecule has 1 unspecified atom stereocenters. The van der Waals surface area contributed by atoms with Crippen LogP contribution in [0.4, 0.5) is 10.6 Å². The van der Waals surface area contributed by atoms with Gasteiger partial charge in [-0.15, -0.1) is 0 Å². The molecule has 1 saturated heterocycles. The number of carboxylic acids is 2. The number of aliphatic carboxylic acids is 2. The van der Waals surface area contributed by atoms with Crippen LogP contribution in [0.3, 0.4) is 0 Å². The number of ether oxygens (including phenoxy) is 3. The van der Waals surface area contributed by atoms with Gasteiger partial charge in [0.1, 0.15) is 23.7 Å². The number of rotatable bonds is 16. The van der Waals surface area contributed by atoms with E-state index < -0.39 is 79.8 Å². The second-order valence-electron chi connectivity index (χ2n) is 16.1. The third-order valence-electron chi connectivity index (χ3n) is 9.57. The highest BCUT2D eigenvalue weighted by Crippen LogP contribution is 2.57. The van der Waals surface area contributed by atoms with Crippen LogP contribution in [0, 0.1) is 34.0 Å². The smallest absolute Gasteiger partial charge is 0.481 e. The van der Waals surface area contributed by atoms with Crippen LogP contribution in [0.2, 0.25) is 0 Å². The molecule has 4 rings (SSSR count). The average Bonchev–Trinajstić information content (AvgIpc) is 3.63. The predicted molar refractivity (Wildman–Crippen MR) is 197 cm³/mol. The molecule has 0 saturated carbocycles. The molecule has 55 heavy (non-hydrogen) atoms. The van der Waals surface area contributed by atoms with E-state index in [1.54, 1.807) is 50.2 Å². The molecule has 0 amide bonds. The molecule has 0 spiro atoms. The number of nitriles is 1. The minimum atomic E-state index is -4.72. The fourth-order valence-corrected chi connectivity index (χ4v) is 7.50. The van der Waals surface area contributed by atoms with Crippen molar-refractivity contribution in [2.24, 2.45) is 22.7 Å². The number of anilines is 1. The molecule has 5 atom stereocenters. The van der Waals surface area contributed by atoms with Crippen LogP contribution in [-0.2, 0) is 48.4 Å². The number of nitrogen functional groups attached to an aromatic ring is 1. The van der Waals surface area contributed by atoms with Gasteiger partial charge in [0, 0.05) is 5.92 Å². The van der Waals surface area contributed by atoms with Crippen LogP contribution in [0.15, 0.2) is 42.7 Å². The fourth-order valence-electron chi connectivity index (χ4n) is 6.43. The molecule has 0 aliphatic carbocycles. The summed E-state index contributed by atoms with van der Waals surface area (Å²) in [6, 6.07) is 12.1. The zero-order chi connectivity index (χ0) is 41.1. The summed E-state index contributed by atoms with van der Waals surface area (Å²) in [6.07, 6.45) is -1.95. The summed E-state index contributed by atoms with van der Waals surface area (Å²) < 4.78 is 49.4. The van der Waals surface area contributed by atoms with E-state index >= 15 is 0 Å². The number of carboxylic acid groups (broad SMARTS) is 2. The number of benzene rings is 1. The lowest BCUT2D eigenvalue weighted by atomic mass is 9.66. The Morgan fingerprint density at radius 2 is 1.62 bits per heavy atom. The van der Waals surface area contributed by atoms with Crippen molar-refractivity contribution >= 4 is 37.3 Å². The molecule has 3 heterocycles. The number of aromatic nitrogens is 3. The molecule has 17 nitrogen and oxygen atoms in total. The summed E-state index contributed by atoms with van der Waals surface area (Å²) in [7, 11) is -4.72. The highest BCUT2D eigenvalue weighted by atomic mass is 31.2. The van der Waals surface area contributed by atoms with Gasteiger partial charge in [0.15, 0.2) is 11.4 Å². The first kappa shape index (κ1) is 43.0. The molecule has 4 N–H and O–H groups in total. The Morgan fingerprint density at radius 3 is 2.18 bits per heavy atom. The predicted octanol–water partition coefficient (Wildman–Crippen LogP) is 6.70. The highest BCUT2D eigenvalue weighted by Gasteiger charge is 2.61. The number of hydrogen-bond acceptors (Lipinski definition) is 14. The van der Waals surface area contributed by atoms with E-state index in [2.05, 4.69) is 16.2 Å². The number of carbonyl (C=O) groups is 3. The standard InChI is InChI=1S/C37H50N5O12P/c1-22(2)52-33(47)49-21-51-55(48,54-24-12-10-23(11-13-24)34(3,4)5)50-18-28-25(16-35(6,7)31(43)44)26(17-36(8,9)32(45)46)37(19-38,53-28)29-15-14-27-30(39)40-20-41-42(27)29/h10-15,20,22,25-26,28H,16-18,21H2,1-9H3,(H,43,44)(H,45,46)(H2,39,40,41)/t25-,26-,28+,37-,55?/m1/s1. The molecule has 1 aliphatic heterocycles. The maximum atomic E-state index is 14.4. The monoisotopic (exact) mass is 787 g/mol. The maximum Gasteiger partial charge on any atom is 0.533 e. The molecule has 2 aromatic heterocycles. The van der Waals surface area contributed by atoms with Gasteiger partial charge in [-0.2, -0.15) is 10.4 Å². The van der Waals surface area contributed by atoms with Gasteiger partial charge >= 0.3 is 25.9 Å². The van der Waals surface area contributed by atoms with E-state index in [-0.39, 0.29) is 35.5 Å². The summed E-state index contributed by atoms with van der Waals surface area (Å²) in [4.78, 5) is 41.2. The largest absolute Gasteiger partial charge is 0.533 e. The molecule has 18 heteroatoms. The van der Waals surface area contributed by atoms with E-state index in [4.69, 9.17) is 33.5 Å². The zero-order valence-corrected chi connectivity index (χ0v) is 33.4. The molecule has 0 bridgehead atoms. The van der Waals surface area contributed by atoms with Crippen molar-refractivity contribution in [1.29, 1.82) is 5.26 Å². The summed E-state index contributed by atoms with van der Waals surface area (Å²) >= 11 is 0. The number of nitrogens with two attached hydrogens (primary N) is 1. The number of nitrogens with zero attached hydrogens (tertiary/aromatic N) is 4. The maximum absolute atomic E-state index is 14.4. The van der Waals surface area contributed by atoms with E-state index in [9.17, 15) is 34.4 Å². The number of phosphoric acid groups is 1. The number of phosphoric ester groups is 1. The van der Waals surface area contributed by atoms with Crippen LogP contribution in [0.5, 0.6) is 5.75 Å². The minimum absolute atomic E-state index is 0.0846. The summed E-state index contributed by atoms with van der Waals surface area (Å²) in [5.41, 5.74) is 2.54. The Balaban J connectivity index is 1.80. The number of fused-ring (bicyclic) bond motifs is 1. The van der Waals surface area contributed by atoms with E-state index in [1.807, 2.05) is 20.8 Å². The van der Waals surface area contributed by atoms with Crippen LogP contribution in [0.1, 0.15) is 86.4 Å². The second-order valence-corrected chi connectivity index (χ2v) is 17.7. The Labute approximate surface area is 319 Å². The van der Waals surface area contributed by atoms with Crippen molar-refractivity contribution in [2.75, 3.05) is 19.1 Å². The number of carbonyl (C=O) groups excluding carboxylic acids is 1. The first-order valence-electron chi connectivity index (χ1n) is 17.6. The fraction of sp³-hybridized carbons (Fsp3) is 0.568. The molecular weight excluding hydrogens is 737 g/mol. The van der Waals surface area contributed by atoms with E-state index in [0.717, 1.165) is 5.56 Å². The van der Waals surface area contributed by atoms with E-state index in [0.29, 0.717) is 5.52 Å². The van der Waals surface area contributed by atoms with Crippen LogP contribution in [-0.4, -0.2) is 68.5 Å². The summed E-state index contributed by atoms with van der Waals surface area (Å²) in [5, 5.41) is 35.8. The minimum Gasteiger partial charge on any atom is -0.481 e. The van der Waals surface area contributed by atoms with Gasteiger partial charge < -0.3 is 34.7 Å². The van der Waals surface area contributed by atoms with Gasteiger partial charge in [0.05, 0.1) is 35.3 Å². The van der Waals surface area contributed by atoms with Crippen molar-refractivity contribution in [3.05, 3.63) is 54.0 Å². The lowest BCUT2D eigenvalue weighted by Crippen LogP contribution is -2.41.